The second-order valence-corrected chi connectivity index (χ2v) is 8.31. The Balaban J connectivity index is 0.000000325. The molecule has 1 unspecified atom stereocenters. The van der Waals surface area contributed by atoms with Gasteiger partial charge in [-0.2, -0.15) is 18.3 Å². The van der Waals surface area contributed by atoms with Gasteiger partial charge >= 0.3 is 12.1 Å². The molecule has 3 aromatic rings. The number of furan rings is 1. The van der Waals surface area contributed by atoms with Gasteiger partial charge in [0, 0.05) is 25.6 Å². The maximum absolute atomic E-state index is 10.6. The van der Waals surface area contributed by atoms with Gasteiger partial charge in [0.1, 0.15) is 5.76 Å². The first-order chi connectivity index (χ1) is 15.8. The van der Waals surface area contributed by atoms with Crippen LogP contribution in [0.5, 0.6) is 0 Å². The third kappa shape index (κ3) is 5.84. The maximum Gasteiger partial charge on any atom is 0.490 e. The molecule has 1 atom stereocenters. The molecule has 178 valence electrons. The van der Waals surface area contributed by atoms with Crippen molar-refractivity contribution in [2.24, 2.45) is 0 Å². The highest BCUT2D eigenvalue weighted by Crippen LogP contribution is 2.27. The SMILES string of the molecule is O=C(O)C(F)(F)F.c1coc(CN2CCCC(c3nc4ccc(N5CCCC5)cn4n3)C2)c1. The number of carbonyl (C=O) groups is 1. The van der Waals surface area contributed by atoms with E-state index in [1.807, 2.05) is 16.6 Å². The van der Waals surface area contributed by atoms with Crippen LogP contribution in [0.3, 0.4) is 0 Å². The van der Waals surface area contributed by atoms with E-state index in [-0.39, 0.29) is 0 Å². The molecule has 0 aromatic carbocycles. The fourth-order valence-electron chi connectivity index (χ4n) is 4.26. The van der Waals surface area contributed by atoms with Crippen LogP contribution >= 0.6 is 0 Å². The number of carboxylic acid groups (broad SMARTS) is 1. The highest BCUT2D eigenvalue weighted by atomic mass is 19.4. The minimum Gasteiger partial charge on any atom is -0.475 e. The third-order valence-electron chi connectivity index (χ3n) is 5.88. The monoisotopic (exact) mass is 465 g/mol. The van der Waals surface area contributed by atoms with E-state index in [4.69, 9.17) is 24.4 Å². The number of carboxylic acids is 1. The number of fused-ring (bicyclic) bond motifs is 1. The van der Waals surface area contributed by atoms with E-state index in [0.717, 1.165) is 56.4 Å². The van der Waals surface area contributed by atoms with Crippen molar-refractivity contribution >= 4 is 17.3 Å². The number of pyridine rings is 1. The number of rotatable bonds is 4. The first-order valence-electron chi connectivity index (χ1n) is 11.0. The van der Waals surface area contributed by atoms with Gasteiger partial charge in [0.15, 0.2) is 11.5 Å². The van der Waals surface area contributed by atoms with Crippen LogP contribution in [0.25, 0.3) is 5.65 Å². The van der Waals surface area contributed by atoms with Crippen molar-refractivity contribution in [2.75, 3.05) is 31.1 Å². The summed E-state index contributed by atoms with van der Waals surface area (Å²) in [5, 5.41) is 12.0. The highest BCUT2D eigenvalue weighted by molar-refractivity contribution is 5.73. The predicted octanol–water partition coefficient (Wildman–Crippen LogP) is 3.94. The van der Waals surface area contributed by atoms with E-state index in [9.17, 15) is 13.2 Å². The van der Waals surface area contributed by atoms with Crippen molar-refractivity contribution in [1.82, 2.24) is 19.5 Å². The molecule has 2 aliphatic rings. The van der Waals surface area contributed by atoms with E-state index in [1.54, 1.807) is 6.26 Å². The van der Waals surface area contributed by atoms with E-state index >= 15 is 0 Å². The second-order valence-electron chi connectivity index (χ2n) is 8.31. The summed E-state index contributed by atoms with van der Waals surface area (Å²) in [6.45, 7) is 5.28. The largest absolute Gasteiger partial charge is 0.490 e. The zero-order valence-electron chi connectivity index (χ0n) is 18.0. The van der Waals surface area contributed by atoms with Crippen molar-refractivity contribution in [3.63, 3.8) is 0 Å². The first kappa shape index (κ1) is 23.1. The number of likely N-dealkylation sites (tertiary alicyclic amines) is 1. The second kappa shape index (κ2) is 9.82. The molecule has 8 nitrogen and oxygen atoms in total. The summed E-state index contributed by atoms with van der Waals surface area (Å²) in [6, 6.07) is 8.29. The summed E-state index contributed by atoms with van der Waals surface area (Å²) < 4.78 is 39.2. The number of alkyl halides is 3. The molecule has 0 aliphatic carbocycles. The average molecular weight is 465 g/mol. The smallest absolute Gasteiger partial charge is 0.475 e. The normalized spacial score (nSPS) is 19.5. The lowest BCUT2D eigenvalue weighted by molar-refractivity contribution is -0.192. The molecule has 11 heteroatoms. The number of anilines is 1. The summed E-state index contributed by atoms with van der Waals surface area (Å²) in [4.78, 5) is 18.6. The summed E-state index contributed by atoms with van der Waals surface area (Å²) in [7, 11) is 0. The molecule has 0 saturated carbocycles. The van der Waals surface area contributed by atoms with E-state index in [1.165, 1.54) is 24.9 Å². The molecule has 0 bridgehead atoms. The zero-order valence-corrected chi connectivity index (χ0v) is 18.0. The van der Waals surface area contributed by atoms with E-state index in [2.05, 4.69) is 28.1 Å². The van der Waals surface area contributed by atoms with Crippen LogP contribution in [0.4, 0.5) is 18.9 Å². The molecule has 33 heavy (non-hydrogen) atoms. The number of piperidine rings is 1. The number of aromatic nitrogens is 3. The Hall–Kier alpha value is -3.08. The van der Waals surface area contributed by atoms with Crippen molar-refractivity contribution in [3.05, 3.63) is 48.3 Å². The Bertz CT molecular complexity index is 1060. The topological polar surface area (TPSA) is 87.1 Å². The van der Waals surface area contributed by atoms with Crippen LogP contribution in [0, 0.1) is 0 Å². The fourth-order valence-corrected chi connectivity index (χ4v) is 4.26. The van der Waals surface area contributed by atoms with Gasteiger partial charge in [0.2, 0.25) is 0 Å². The van der Waals surface area contributed by atoms with Crippen molar-refractivity contribution in [3.8, 4) is 0 Å². The number of hydrogen-bond acceptors (Lipinski definition) is 6. The molecular formula is C22H26F3N5O3. The van der Waals surface area contributed by atoms with Gasteiger partial charge in [-0.05, 0) is 56.5 Å². The molecule has 0 spiro atoms. The molecule has 0 amide bonds. The quantitative estimate of drug-likeness (QED) is 0.625. The van der Waals surface area contributed by atoms with Crippen molar-refractivity contribution < 1.29 is 27.5 Å². The molecule has 5 heterocycles. The van der Waals surface area contributed by atoms with Crippen molar-refractivity contribution in [2.45, 2.75) is 44.3 Å². The summed E-state index contributed by atoms with van der Waals surface area (Å²) in [6.07, 6.45) is 3.71. The zero-order chi connectivity index (χ0) is 23.4. The van der Waals surface area contributed by atoms with Crippen LogP contribution in [0.1, 0.15) is 43.2 Å². The summed E-state index contributed by atoms with van der Waals surface area (Å²) >= 11 is 0. The summed E-state index contributed by atoms with van der Waals surface area (Å²) in [5.74, 6) is -0.349. The molecule has 2 fully saturated rings. The molecular weight excluding hydrogens is 439 g/mol. The lowest BCUT2D eigenvalue weighted by Gasteiger charge is -2.30. The Morgan fingerprint density at radius 2 is 1.91 bits per heavy atom. The first-order valence-corrected chi connectivity index (χ1v) is 11.0. The van der Waals surface area contributed by atoms with Gasteiger partial charge < -0.3 is 14.4 Å². The number of aliphatic carboxylic acids is 1. The van der Waals surface area contributed by atoms with Gasteiger partial charge in [0.25, 0.3) is 0 Å². The predicted molar refractivity (Wildman–Crippen MR) is 114 cm³/mol. The Morgan fingerprint density at radius 3 is 2.58 bits per heavy atom. The fraction of sp³-hybridized carbons (Fsp3) is 0.500. The lowest BCUT2D eigenvalue weighted by Crippen LogP contribution is -2.34. The molecule has 3 aromatic heterocycles. The average Bonchev–Trinajstić information content (AvgIpc) is 3.54. The van der Waals surface area contributed by atoms with Gasteiger partial charge in [-0.3, -0.25) is 4.90 Å². The van der Waals surface area contributed by atoms with Crippen LogP contribution in [0.15, 0.2) is 41.1 Å². The highest BCUT2D eigenvalue weighted by Gasteiger charge is 2.38. The maximum atomic E-state index is 10.6. The molecule has 0 radical (unpaired) electrons. The Labute approximate surface area is 188 Å². The number of hydrogen-bond donors (Lipinski definition) is 1. The lowest BCUT2D eigenvalue weighted by atomic mass is 9.97. The van der Waals surface area contributed by atoms with Crippen LogP contribution in [-0.2, 0) is 11.3 Å². The number of nitrogens with zero attached hydrogens (tertiary/aromatic N) is 5. The van der Waals surface area contributed by atoms with Gasteiger partial charge in [0.05, 0.1) is 24.7 Å². The van der Waals surface area contributed by atoms with E-state index < -0.39 is 12.1 Å². The molecule has 5 rings (SSSR count). The molecule has 1 N–H and O–H groups in total. The summed E-state index contributed by atoms with van der Waals surface area (Å²) in [5.41, 5.74) is 2.21. The van der Waals surface area contributed by atoms with Crippen molar-refractivity contribution in [1.29, 1.82) is 0 Å². The third-order valence-corrected chi connectivity index (χ3v) is 5.88. The van der Waals surface area contributed by atoms with Crippen LogP contribution < -0.4 is 4.90 Å². The molecule has 2 saturated heterocycles. The van der Waals surface area contributed by atoms with E-state index in [0.29, 0.717) is 5.92 Å². The minimum atomic E-state index is -5.08. The van der Waals surface area contributed by atoms with Crippen LogP contribution in [0.2, 0.25) is 0 Å². The Kier molecular flexibility index (Phi) is 6.87. The standard InChI is InChI=1S/C20H25N5O.C2HF3O2/c1-2-11-24(10-1)17-7-8-19-21-20(22-25(19)14-17)16-5-3-9-23(13-16)15-18-6-4-12-26-18;3-2(4,5)1(6)7/h4,6-8,12,14,16H,1-3,5,9-11,13,15H2;(H,6,7). The Morgan fingerprint density at radius 1 is 1.15 bits per heavy atom. The van der Waals surface area contributed by atoms with Gasteiger partial charge in [-0.1, -0.05) is 0 Å². The number of halogens is 3. The minimum absolute atomic E-state index is 0.397. The molecule has 2 aliphatic heterocycles. The van der Waals surface area contributed by atoms with Crippen LogP contribution in [-0.4, -0.2) is 62.9 Å². The van der Waals surface area contributed by atoms with Gasteiger partial charge in [-0.25, -0.2) is 14.3 Å². The van der Waals surface area contributed by atoms with Gasteiger partial charge in [-0.15, -0.1) is 0 Å².